The summed E-state index contributed by atoms with van der Waals surface area (Å²) in [5.74, 6) is -2.42. The molecule has 3 amide bonds. The molecule has 2 aromatic rings. The lowest BCUT2D eigenvalue weighted by Gasteiger charge is -2.30. The smallest absolute Gasteiger partial charge is 0.250 e. The number of benzene rings is 2. The van der Waals surface area contributed by atoms with Gasteiger partial charge in [0.05, 0.1) is 31.6 Å². The van der Waals surface area contributed by atoms with Crippen molar-refractivity contribution in [2.75, 3.05) is 12.4 Å². The highest BCUT2D eigenvalue weighted by Crippen LogP contribution is 2.54. The monoisotopic (exact) mass is 435 g/mol. The number of ether oxygens (including phenoxy) is 1. The number of amides is 3. The molecule has 0 saturated carbocycles. The third kappa shape index (κ3) is 2.59. The van der Waals surface area contributed by atoms with Gasteiger partial charge < -0.3 is 15.2 Å². The van der Waals surface area contributed by atoms with Crippen LogP contribution in [-0.2, 0) is 26.5 Å². The molecule has 1 spiro atoms. The number of para-hydroxylation sites is 2. The largest absolute Gasteiger partial charge is 0.496 e. The molecule has 32 heavy (non-hydrogen) atoms. The normalized spacial score (nSPS) is 29.3. The van der Waals surface area contributed by atoms with E-state index in [9.17, 15) is 19.5 Å². The number of carbonyl (C=O) groups excluding carboxylic acids is 3. The number of anilines is 1. The SMILES string of the molecule is COc1ccccc1CN1C(=O)[C@@H]2[C@H]([C@@H](C)O)N[C@@]3(C(=O)Nc4c(C)cccc43)[C@H]2C1=O. The number of aliphatic hydroxyl groups is 1. The lowest BCUT2D eigenvalue weighted by Crippen LogP contribution is -2.54. The molecule has 2 saturated heterocycles. The highest BCUT2D eigenvalue weighted by atomic mass is 16.5. The second-order valence-electron chi connectivity index (χ2n) is 8.75. The Morgan fingerprint density at radius 3 is 2.59 bits per heavy atom. The van der Waals surface area contributed by atoms with E-state index in [0.29, 0.717) is 22.6 Å². The maximum Gasteiger partial charge on any atom is 0.250 e. The summed E-state index contributed by atoms with van der Waals surface area (Å²) < 4.78 is 5.38. The van der Waals surface area contributed by atoms with Crippen LogP contribution in [0.4, 0.5) is 5.69 Å². The first-order valence-electron chi connectivity index (χ1n) is 10.7. The fraction of sp³-hybridized carbons (Fsp3) is 0.375. The lowest BCUT2D eigenvalue weighted by molar-refractivity contribution is -0.143. The van der Waals surface area contributed by atoms with Gasteiger partial charge in [-0.1, -0.05) is 36.4 Å². The van der Waals surface area contributed by atoms with Crippen molar-refractivity contribution in [2.45, 2.75) is 38.1 Å². The fourth-order valence-electron chi connectivity index (χ4n) is 5.54. The third-order valence-corrected chi connectivity index (χ3v) is 7.03. The highest BCUT2D eigenvalue weighted by Gasteiger charge is 2.71. The summed E-state index contributed by atoms with van der Waals surface area (Å²) in [6.07, 6.45) is -0.938. The third-order valence-electron chi connectivity index (χ3n) is 7.03. The van der Waals surface area contributed by atoms with E-state index in [-0.39, 0.29) is 12.5 Å². The molecule has 3 aliphatic rings. The maximum atomic E-state index is 13.7. The second kappa shape index (κ2) is 7.15. The summed E-state index contributed by atoms with van der Waals surface area (Å²) in [5, 5.41) is 16.6. The van der Waals surface area contributed by atoms with Gasteiger partial charge in [-0.3, -0.25) is 24.6 Å². The predicted molar refractivity (Wildman–Crippen MR) is 116 cm³/mol. The van der Waals surface area contributed by atoms with Gasteiger partial charge >= 0.3 is 0 Å². The topological polar surface area (TPSA) is 108 Å². The van der Waals surface area contributed by atoms with Gasteiger partial charge in [0.2, 0.25) is 17.7 Å². The number of hydrogen-bond donors (Lipinski definition) is 3. The molecule has 0 radical (unpaired) electrons. The summed E-state index contributed by atoms with van der Waals surface area (Å²) in [7, 11) is 1.53. The molecule has 8 heteroatoms. The Morgan fingerprint density at radius 1 is 1.12 bits per heavy atom. The molecular formula is C24H25N3O5. The van der Waals surface area contributed by atoms with Crippen LogP contribution in [0, 0.1) is 18.8 Å². The van der Waals surface area contributed by atoms with Gasteiger partial charge in [0.1, 0.15) is 11.3 Å². The summed E-state index contributed by atoms with van der Waals surface area (Å²) in [4.78, 5) is 41.8. The Bertz CT molecular complexity index is 1150. The second-order valence-corrected chi connectivity index (χ2v) is 8.75. The van der Waals surface area contributed by atoms with Gasteiger partial charge in [-0.25, -0.2) is 0 Å². The van der Waals surface area contributed by atoms with Crippen molar-refractivity contribution in [1.29, 1.82) is 0 Å². The van der Waals surface area contributed by atoms with Gasteiger partial charge in [0.15, 0.2) is 0 Å². The van der Waals surface area contributed by atoms with Crippen LogP contribution < -0.4 is 15.4 Å². The van der Waals surface area contributed by atoms with Crippen molar-refractivity contribution >= 4 is 23.4 Å². The molecule has 0 unspecified atom stereocenters. The number of aryl methyl sites for hydroxylation is 1. The van der Waals surface area contributed by atoms with Crippen molar-refractivity contribution in [2.24, 2.45) is 11.8 Å². The average Bonchev–Trinajstić information content (AvgIpc) is 3.36. The summed E-state index contributed by atoms with van der Waals surface area (Å²) in [6.45, 7) is 3.49. The van der Waals surface area contributed by atoms with Crippen LogP contribution in [0.5, 0.6) is 5.75 Å². The molecule has 3 N–H and O–H groups in total. The average molecular weight is 435 g/mol. The molecule has 166 valence electrons. The zero-order chi connectivity index (χ0) is 22.8. The van der Waals surface area contributed by atoms with Crippen molar-refractivity contribution in [3.63, 3.8) is 0 Å². The Kier molecular flexibility index (Phi) is 4.61. The zero-order valence-electron chi connectivity index (χ0n) is 18.1. The molecule has 2 aromatic carbocycles. The van der Waals surface area contributed by atoms with Crippen molar-refractivity contribution in [1.82, 2.24) is 10.2 Å². The van der Waals surface area contributed by atoms with Crippen LogP contribution >= 0.6 is 0 Å². The highest BCUT2D eigenvalue weighted by molar-refractivity contribution is 6.15. The molecule has 0 aliphatic carbocycles. The first-order valence-corrected chi connectivity index (χ1v) is 10.7. The maximum absolute atomic E-state index is 13.7. The Labute approximate surface area is 185 Å². The molecule has 5 rings (SSSR count). The van der Waals surface area contributed by atoms with Crippen LogP contribution in [0.25, 0.3) is 0 Å². The summed E-state index contributed by atoms with van der Waals surface area (Å²) in [6, 6.07) is 12.0. The minimum Gasteiger partial charge on any atom is -0.496 e. The van der Waals surface area contributed by atoms with Gasteiger partial charge in [-0.05, 0) is 25.5 Å². The van der Waals surface area contributed by atoms with E-state index >= 15 is 0 Å². The van der Waals surface area contributed by atoms with Crippen molar-refractivity contribution < 1.29 is 24.2 Å². The van der Waals surface area contributed by atoms with E-state index < -0.39 is 41.3 Å². The van der Waals surface area contributed by atoms with E-state index in [1.807, 2.05) is 31.2 Å². The fourth-order valence-corrected chi connectivity index (χ4v) is 5.54. The number of rotatable bonds is 4. The number of nitrogens with zero attached hydrogens (tertiary/aromatic N) is 1. The van der Waals surface area contributed by atoms with Gasteiger partial charge in [-0.2, -0.15) is 0 Å². The molecule has 3 heterocycles. The van der Waals surface area contributed by atoms with Crippen LogP contribution in [0.1, 0.15) is 23.6 Å². The van der Waals surface area contributed by atoms with Crippen LogP contribution in [0.15, 0.2) is 42.5 Å². The molecule has 2 fully saturated rings. The standard InChI is InChI=1S/C24H25N3O5/c1-12-7-6-9-15-19(12)25-23(31)24(15)18-17(20(26-24)13(2)28)21(29)27(22(18)30)11-14-8-4-5-10-16(14)32-3/h4-10,13,17-18,20,26,28H,11H2,1-3H3,(H,25,31)/t13-,17+,18-,20+,24-/m1/s1. The summed E-state index contributed by atoms with van der Waals surface area (Å²) >= 11 is 0. The van der Waals surface area contributed by atoms with E-state index in [1.165, 1.54) is 12.0 Å². The van der Waals surface area contributed by atoms with Gasteiger partial charge in [0, 0.05) is 22.9 Å². The number of carbonyl (C=O) groups is 3. The number of nitrogens with one attached hydrogen (secondary N) is 2. The zero-order valence-corrected chi connectivity index (χ0v) is 18.1. The molecular weight excluding hydrogens is 410 g/mol. The van der Waals surface area contributed by atoms with Crippen molar-refractivity contribution in [3.05, 3.63) is 59.2 Å². The first-order chi connectivity index (χ1) is 15.3. The van der Waals surface area contributed by atoms with Crippen LogP contribution in [-0.4, -0.2) is 47.0 Å². The minimum atomic E-state index is -1.41. The van der Waals surface area contributed by atoms with Gasteiger partial charge in [0.25, 0.3) is 0 Å². The van der Waals surface area contributed by atoms with E-state index in [1.54, 1.807) is 25.1 Å². The minimum absolute atomic E-state index is 0.0413. The molecule has 3 aliphatic heterocycles. The number of fused-ring (bicyclic) bond motifs is 4. The number of methoxy groups -OCH3 is 1. The molecule has 0 aromatic heterocycles. The van der Waals surface area contributed by atoms with Crippen LogP contribution in [0.3, 0.4) is 0 Å². The van der Waals surface area contributed by atoms with E-state index in [2.05, 4.69) is 10.6 Å². The molecule has 0 bridgehead atoms. The number of hydrogen-bond acceptors (Lipinski definition) is 6. The van der Waals surface area contributed by atoms with E-state index in [4.69, 9.17) is 4.74 Å². The Hall–Kier alpha value is -3.23. The molecule has 8 nitrogen and oxygen atoms in total. The first kappa shape index (κ1) is 20.7. The number of imide groups is 1. The quantitative estimate of drug-likeness (QED) is 0.625. The predicted octanol–water partition coefficient (Wildman–Crippen LogP) is 1.31. The Morgan fingerprint density at radius 2 is 1.88 bits per heavy atom. The summed E-state index contributed by atoms with van der Waals surface area (Å²) in [5.41, 5.74) is 1.45. The molecule has 5 atom stereocenters. The number of likely N-dealkylation sites (tertiary alicyclic amines) is 1. The number of aliphatic hydroxyl groups excluding tert-OH is 1. The van der Waals surface area contributed by atoms with Crippen LogP contribution in [0.2, 0.25) is 0 Å². The van der Waals surface area contributed by atoms with Gasteiger partial charge in [-0.15, -0.1) is 0 Å². The Balaban J connectivity index is 1.62. The van der Waals surface area contributed by atoms with E-state index in [0.717, 1.165) is 5.56 Å². The lowest BCUT2D eigenvalue weighted by atomic mass is 9.76. The van der Waals surface area contributed by atoms with Crippen molar-refractivity contribution in [3.8, 4) is 5.75 Å².